The van der Waals surface area contributed by atoms with E-state index in [0.29, 0.717) is 6.61 Å². The van der Waals surface area contributed by atoms with Crippen molar-refractivity contribution in [2.24, 2.45) is 5.73 Å². The summed E-state index contributed by atoms with van der Waals surface area (Å²) in [4.78, 5) is 0. The second-order valence-corrected chi connectivity index (χ2v) is 6.40. The lowest BCUT2D eigenvalue weighted by molar-refractivity contribution is -0.112. The lowest BCUT2D eigenvalue weighted by atomic mass is 9.91. The van der Waals surface area contributed by atoms with Gasteiger partial charge in [0.25, 0.3) is 0 Å². The number of aryl methyl sites for hydroxylation is 1. The normalized spacial score (nSPS) is 30.5. The van der Waals surface area contributed by atoms with Crippen LogP contribution in [0, 0.1) is 6.92 Å². The number of rotatable bonds is 3. The standard InChI is InChI=1S/C17H25NO3/c1-12-3-4-16(15(9-12)13(2)18)21-14-5-7-20-17(10-14)6-8-19-11-17/h3-4,9,13-14H,5-8,10-11,18H2,1-2H3. The molecule has 116 valence electrons. The summed E-state index contributed by atoms with van der Waals surface area (Å²) in [6.45, 7) is 6.31. The van der Waals surface area contributed by atoms with Gasteiger partial charge in [-0.25, -0.2) is 0 Å². The van der Waals surface area contributed by atoms with Crippen molar-refractivity contribution in [1.29, 1.82) is 0 Å². The number of benzene rings is 1. The van der Waals surface area contributed by atoms with Crippen molar-refractivity contribution >= 4 is 0 Å². The molecule has 0 bridgehead atoms. The Morgan fingerprint density at radius 2 is 2.24 bits per heavy atom. The summed E-state index contributed by atoms with van der Waals surface area (Å²) >= 11 is 0. The fourth-order valence-corrected chi connectivity index (χ4v) is 3.26. The number of hydrogen-bond acceptors (Lipinski definition) is 4. The molecule has 3 atom stereocenters. The van der Waals surface area contributed by atoms with Crippen LogP contribution in [-0.2, 0) is 9.47 Å². The van der Waals surface area contributed by atoms with Gasteiger partial charge in [-0.3, -0.25) is 0 Å². The molecule has 0 aliphatic carbocycles. The van der Waals surface area contributed by atoms with E-state index >= 15 is 0 Å². The second kappa shape index (κ2) is 5.95. The van der Waals surface area contributed by atoms with Crippen LogP contribution in [0.3, 0.4) is 0 Å². The molecule has 2 aliphatic rings. The zero-order valence-electron chi connectivity index (χ0n) is 12.9. The minimum Gasteiger partial charge on any atom is -0.490 e. The highest BCUT2D eigenvalue weighted by molar-refractivity contribution is 5.39. The Morgan fingerprint density at radius 3 is 2.95 bits per heavy atom. The number of ether oxygens (including phenoxy) is 3. The van der Waals surface area contributed by atoms with Crippen molar-refractivity contribution in [3.63, 3.8) is 0 Å². The summed E-state index contributed by atoms with van der Waals surface area (Å²) in [5.74, 6) is 0.913. The molecule has 1 spiro atoms. The number of hydrogen-bond donors (Lipinski definition) is 1. The molecule has 4 heteroatoms. The lowest BCUT2D eigenvalue weighted by Gasteiger charge is -2.37. The molecular formula is C17H25NO3. The van der Waals surface area contributed by atoms with Gasteiger partial charge in [0.05, 0.1) is 18.8 Å². The fourth-order valence-electron chi connectivity index (χ4n) is 3.26. The molecule has 2 heterocycles. The van der Waals surface area contributed by atoms with E-state index in [2.05, 4.69) is 19.1 Å². The average molecular weight is 291 g/mol. The van der Waals surface area contributed by atoms with Crippen LogP contribution >= 0.6 is 0 Å². The van der Waals surface area contributed by atoms with E-state index in [-0.39, 0.29) is 17.7 Å². The molecule has 2 N–H and O–H groups in total. The summed E-state index contributed by atoms with van der Waals surface area (Å²) < 4.78 is 17.7. The van der Waals surface area contributed by atoms with Gasteiger partial charge in [-0.15, -0.1) is 0 Å². The van der Waals surface area contributed by atoms with E-state index in [4.69, 9.17) is 19.9 Å². The first-order valence-electron chi connectivity index (χ1n) is 7.82. The third-order valence-corrected chi connectivity index (χ3v) is 4.46. The first-order valence-corrected chi connectivity index (χ1v) is 7.82. The zero-order valence-corrected chi connectivity index (χ0v) is 12.9. The average Bonchev–Trinajstić information content (AvgIpc) is 2.88. The van der Waals surface area contributed by atoms with Crippen molar-refractivity contribution in [1.82, 2.24) is 0 Å². The summed E-state index contributed by atoms with van der Waals surface area (Å²) in [7, 11) is 0. The Morgan fingerprint density at radius 1 is 1.38 bits per heavy atom. The maximum atomic E-state index is 6.27. The number of nitrogens with two attached hydrogens (primary N) is 1. The van der Waals surface area contributed by atoms with Gasteiger partial charge in [-0.2, -0.15) is 0 Å². The maximum Gasteiger partial charge on any atom is 0.124 e. The molecule has 0 saturated carbocycles. The van der Waals surface area contributed by atoms with Gasteiger partial charge < -0.3 is 19.9 Å². The Hall–Kier alpha value is -1.10. The SMILES string of the molecule is Cc1ccc(OC2CCOC3(CCOC3)C2)c(C(C)N)c1. The minimum atomic E-state index is -0.123. The predicted molar refractivity (Wildman–Crippen MR) is 81.6 cm³/mol. The van der Waals surface area contributed by atoms with Crippen LogP contribution < -0.4 is 10.5 Å². The van der Waals surface area contributed by atoms with Crippen molar-refractivity contribution in [2.75, 3.05) is 19.8 Å². The minimum absolute atomic E-state index is 0.0245. The van der Waals surface area contributed by atoms with Crippen LogP contribution in [0.15, 0.2) is 18.2 Å². The van der Waals surface area contributed by atoms with Gasteiger partial charge in [0.1, 0.15) is 11.9 Å². The summed E-state index contributed by atoms with van der Waals surface area (Å²) in [5.41, 5.74) is 8.25. The molecule has 3 unspecified atom stereocenters. The van der Waals surface area contributed by atoms with E-state index in [1.54, 1.807) is 0 Å². The third kappa shape index (κ3) is 3.23. The van der Waals surface area contributed by atoms with E-state index in [0.717, 1.165) is 43.8 Å². The Balaban J connectivity index is 1.74. The second-order valence-electron chi connectivity index (χ2n) is 6.40. The molecule has 2 saturated heterocycles. The van der Waals surface area contributed by atoms with Crippen LogP contribution in [-0.4, -0.2) is 31.5 Å². The van der Waals surface area contributed by atoms with E-state index in [1.165, 1.54) is 5.56 Å². The van der Waals surface area contributed by atoms with E-state index in [9.17, 15) is 0 Å². The molecule has 2 aliphatic heterocycles. The predicted octanol–water partition coefficient (Wildman–Crippen LogP) is 2.73. The quantitative estimate of drug-likeness (QED) is 0.930. The third-order valence-electron chi connectivity index (χ3n) is 4.46. The largest absolute Gasteiger partial charge is 0.490 e. The summed E-state index contributed by atoms with van der Waals surface area (Å²) in [6, 6.07) is 6.22. The van der Waals surface area contributed by atoms with Gasteiger partial charge >= 0.3 is 0 Å². The van der Waals surface area contributed by atoms with Crippen LogP contribution in [0.2, 0.25) is 0 Å². The van der Waals surface area contributed by atoms with Crippen molar-refractivity contribution in [2.45, 2.75) is 50.9 Å². The van der Waals surface area contributed by atoms with Gasteiger partial charge in [-0.05, 0) is 19.9 Å². The smallest absolute Gasteiger partial charge is 0.124 e. The molecule has 1 aromatic carbocycles. The van der Waals surface area contributed by atoms with Crippen LogP contribution in [0.1, 0.15) is 43.4 Å². The summed E-state index contributed by atoms with van der Waals surface area (Å²) in [5, 5.41) is 0. The van der Waals surface area contributed by atoms with Crippen molar-refractivity contribution in [3.05, 3.63) is 29.3 Å². The highest BCUT2D eigenvalue weighted by atomic mass is 16.6. The van der Waals surface area contributed by atoms with E-state index in [1.807, 2.05) is 13.0 Å². The monoisotopic (exact) mass is 291 g/mol. The van der Waals surface area contributed by atoms with Crippen LogP contribution in [0.4, 0.5) is 0 Å². The first kappa shape index (κ1) is 14.8. The Kier molecular flexibility index (Phi) is 4.20. The molecular weight excluding hydrogens is 266 g/mol. The van der Waals surface area contributed by atoms with Crippen LogP contribution in [0.25, 0.3) is 0 Å². The first-order chi connectivity index (χ1) is 10.1. The fraction of sp³-hybridized carbons (Fsp3) is 0.647. The lowest BCUT2D eigenvalue weighted by Crippen LogP contribution is -2.44. The summed E-state index contributed by atoms with van der Waals surface area (Å²) in [6.07, 6.45) is 2.98. The molecule has 3 rings (SSSR count). The highest BCUT2D eigenvalue weighted by Gasteiger charge is 2.41. The molecule has 0 radical (unpaired) electrons. The van der Waals surface area contributed by atoms with Crippen LogP contribution in [0.5, 0.6) is 5.75 Å². The molecule has 0 aromatic heterocycles. The molecule has 1 aromatic rings. The Bertz CT molecular complexity index is 495. The Labute approximate surface area is 126 Å². The molecule has 21 heavy (non-hydrogen) atoms. The van der Waals surface area contributed by atoms with Gasteiger partial charge in [0.2, 0.25) is 0 Å². The van der Waals surface area contributed by atoms with E-state index < -0.39 is 0 Å². The van der Waals surface area contributed by atoms with Gasteiger partial charge in [0.15, 0.2) is 0 Å². The van der Waals surface area contributed by atoms with Crippen molar-refractivity contribution in [3.8, 4) is 5.75 Å². The van der Waals surface area contributed by atoms with Crippen molar-refractivity contribution < 1.29 is 14.2 Å². The zero-order chi connectivity index (χ0) is 14.9. The topological polar surface area (TPSA) is 53.7 Å². The molecule has 2 fully saturated rings. The molecule has 4 nitrogen and oxygen atoms in total. The van der Waals surface area contributed by atoms with Gasteiger partial charge in [0, 0.05) is 37.5 Å². The van der Waals surface area contributed by atoms with Gasteiger partial charge in [-0.1, -0.05) is 17.7 Å². The maximum absolute atomic E-state index is 6.27. The molecule has 0 amide bonds. The highest BCUT2D eigenvalue weighted by Crippen LogP contribution is 2.35.